The molecule has 0 fully saturated rings. The molecule has 0 spiro atoms. The second-order valence-electron chi connectivity index (χ2n) is 9.56. The Balaban J connectivity index is 1.46. The SMILES string of the molecule is c1cncc(-n2c3ccccc3c3ccc(-c4cccc5c4c4ccccc4n5-c4cccnc4)cc32)c1. The molecule has 178 valence electrons. The van der Waals surface area contributed by atoms with E-state index in [0.717, 1.165) is 11.4 Å². The van der Waals surface area contributed by atoms with E-state index < -0.39 is 0 Å². The van der Waals surface area contributed by atoms with Gasteiger partial charge in [0.2, 0.25) is 0 Å². The number of aromatic nitrogens is 4. The summed E-state index contributed by atoms with van der Waals surface area (Å²) in [6.07, 6.45) is 7.50. The summed E-state index contributed by atoms with van der Waals surface area (Å²) >= 11 is 0. The minimum atomic E-state index is 1.06. The maximum Gasteiger partial charge on any atom is 0.0645 e. The fourth-order valence-electron chi connectivity index (χ4n) is 5.93. The minimum absolute atomic E-state index is 1.06. The molecule has 0 unspecified atom stereocenters. The van der Waals surface area contributed by atoms with Gasteiger partial charge in [-0.05, 0) is 59.7 Å². The van der Waals surface area contributed by atoms with Crippen LogP contribution in [0.2, 0.25) is 0 Å². The van der Waals surface area contributed by atoms with E-state index >= 15 is 0 Å². The van der Waals surface area contributed by atoms with Gasteiger partial charge in [0.25, 0.3) is 0 Å². The van der Waals surface area contributed by atoms with Crippen LogP contribution in [-0.4, -0.2) is 19.1 Å². The van der Waals surface area contributed by atoms with Crippen molar-refractivity contribution in [3.63, 3.8) is 0 Å². The zero-order valence-corrected chi connectivity index (χ0v) is 20.5. The molecule has 4 heteroatoms. The topological polar surface area (TPSA) is 35.6 Å². The van der Waals surface area contributed by atoms with Crippen LogP contribution in [0.1, 0.15) is 0 Å². The summed E-state index contributed by atoms with van der Waals surface area (Å²) in [5, 5.41) is 4.95. The first kappa shape index (κ1) is 20.9. The summed E-state index contributed by atoms with van der Waals surface area (Å²) in [4.78, 5) is 8.81. The predicted molar refractivity (Wildman–Crippen MR) is 156 cm³/mol. The molecule has 0 aliphatic rings. The summed E-state index contributed by atoms with van der Waals surface area (Å²) in [5.74, 6) is 0. The zero-order chi connectivity index (χ0) is 25.1. The third-order valence-electron chi connectivity index (χ3n) is 7.49. The number of hydrogen-bond donors (Lipinski definition) is 0. The van der Waals surface area contributed by atoms with Gasteiger partial charge in [-0.2, -0.15) is 0 Å². The molecule has 0 N–H and O–H groups in total. The first-order chi connectivity index (χ1) is 18.9. The standard InChI is InChI=1S/C34H22N4/c1-3-13-30-27(10-1)28-17-16-23(20-33(28)38(30)25-9-7-19-36-22-25)26-12-5-15-32-34(26)29-11-2-4-14-31(29)37(32)24-8-6-18-35-21-24/h1-22H. The Kier molecular flexibility index (Phi) is 4.49. The molecule has 8 aromatic rings. The molecule has 38 heavy (non-hydrogen) atoms. The maximum absolute atomic E-state index is 4.41. The first-order valence-corrected chi connectivity index (χ1v) is 12.7. The molecule has 0 radical (unpaired) electrons. The van der Waals surface area contributed by atoms with Crippen LogP contribution in [0.15, 0.2) is 134 Å². The van der Waals surface area contributed by atoms with E-state index in [1.807, 2.05) is 36.9 Å². The van der Waals surface area contributed by atoms with Crippen LogP contribution in [0.4, 0.5) is 0 Å². The third-order valence-corrected chi connectivity index (χ3v) is 7.49. The van der Waals surface area contributed by atoms with E-state index in [1.54, 1.807) is 0 Å². The number of para-hydroxylation sites is 2. The van der Waals surface area contributed by atoms with Crippen LogP contribution in [0, 0.1) is 0 Å². The number of nitrogens with zero attached hydrogens (tertiary/aromatic N) is 4. The fraction of sp³-hybridized carbons (Fsp3) is 0. The van der Waals surface area contributed by atoms with E-state index in [-0.39, 0.29) is 0 Å². The van der Waals surface area contributed by atoms with Crippen LogP contribution in [-0.2, 0) is 0 Å². The molecule has 0 atom stereocenters. The van der Waals surface area contributed by atoms with Crippen LogP contribution in [0.3, 0.4) is 0 Å². The van der Waals surface area contributed by atoms with E-state index in [1.165, 1.54) is 54.7 Å². The van der Waals surface area contributed by atoms with Gasteiger partial charge in [0, 0.05) is 33.9 Å². The molecule has 0 amide bonds. The average Bonchev–Trinajstić information content (AvgIpc) is 3.51. The van der Waals surface area contributed by atoms with Gasteiger partial charge in [0.15, 0.2) is 0 Å². The van der Waals surface area contributed by atoms with Crippen molar-refractivity contribution in [3.8, 4) is 22.5 Å². The van der Waals surface area contributed by atoms with Crippen LogP contribution < -0.4 is 0 Å². The van der Waals surface area contributed by atoms with Crippen molar-refractivity contribution in [2.75, 3.05) is 0 Å². The van der Waals surface area contributed by atoms with Crippen molar-refractivity contribution >= 4 is 43.6 Å². The Labute approximate surface area is 219 Å². The third kappa shape index (κ3) is 2.98. The fourth-order valence-corrected chi connectivity index (χ4v) is 5.93. The highest BCUT2D eigenvalue weighted by Crippen LogP contribution is 2.40. The lowest BCUT2D eigenvalue weighted by molar-refractivity contribution is 1.14. The van der Waals surface area contributed by atoms with Crippen molar-refractivity contribution in [1.29, 1.82) is 0 Å². The zero-order valence-electron chi connectivity index (χ0n) is 20.5. The van der Waals surface area contributed by atoms with E-state index in [4.69, 9.17) is 0 Å². The van der Waals surface area contributed by atoms with Crippen molar-refractivity contribution in [3.05, 3.63) is 134 Å². The smallest absolute Gasteiger partial charge is 0.0645 e. The van der Waals surface area contributed by atoms with Crippen LogP contribution in [0.25, 0.3) is 66.1 Å². The maximum atomic E-state index is 4.41. The highest BCUT2D eigenvalue weighted by molar-refractivity contribution is 6.17. The van der Waals surface area contributed by atoms with Gasteiger partial charge >= 0.3 is 0 Å². The highest BCUT2D eigenvalue weighted by Gasteiger charge is 2.18. The summed E-state index contributed by atoms with van der Waals surface area (Å²) in [6.45, 7) is 0. The molecular formula is C34H22N4. The molecule has 0 bridgehead atoms. The Hall–Kier alpha value is -5.22. The van der Waals surface area contributed by atoms with Gasteiger partial charge in [-0.15, -0.1) is 0 Å². The molecule has 4 aromatic carbocycles. The lowest BCUT2D eigenvalue weighted by Crippen LogP contribution is -1.94. The van der Waals surface area contributed by atoms with Gasteiger partial charge in [0.1, 0.15) is 0 Å². The molecule has 0 aliphatic carbocycles. The van der Waals surface area contributed by atoms with Crippen molar-refractivity contribution in [1.82, 2.24) is 19.1 Å². The van der Waals surface area contributed by atoms with E-state index in [9.17, 15) is 0 Å². The Morgan fingerprint density at radius 3 is 1.76 bits per heavy atom. The molecule has 4 aromatic heterocycles. The molecule has 0 saturated carbocycles. The van der Waals surface area contributed by atoms with Gasteiger partial charge < -0.3 is 9.13 Å². The predicted octanol–water partition coefficient (Wildman–Crippen LogP) is 8.34. The quantitative estimate of drug-likeness (QED) is 0.252. The van der Waals surface area contributed by atoms with Crippen molar-refractivity contribution in [2.24, 2.45) is 0 Å². The lowest BCUT2D eigenvalue weighted by Gasteiger charge is -2.10. The monoisotopic (exact) mass is 486 g/mol. The highest BCUT2D eigenvalue weighted by atomic mass is 15.0. The molecule has 0 saturated heterocycles. The number of rotatable bonds is 3. The van der Waals surface area contributed by atoms with Crippen LogP contribution >= 0.6 is 0 Å². The summed E-state index contributed by atoms with van der Waals surface area (Å²) in [7, 11) is 0. The van der Waals surface area contributed by atoms with Gasteiger partial charge in [-0.3, -0.25) is 9.97 Å². The minimum Gasteiger partial charge on any atom is -0.308 e. The molecule has 0 aliphatic heterocycles. The average molecular weight is 487 g/mol. The van der Waals surface area contributed by atoms with E-state index in [0.29, 0.717) is 0 Å². The second kappa shape index (κ2) is 8.15. The second-order valence-corrected chi connectivity index (χ2v) is 9.56. The Morgan fingerprint density at radius 1 is 0.447 bits per heavy atom. The molecular weight excluding hydrogens is 464 g/mol. The van der Waals surface area contributed by atoms with Crippen LogP contribution in [0.5, 0.6) is 0 Å². The number of pyridine rings is 2. The van der Waals surface area contributed by atoms with Crippen molar-refractivity contribution < 1.29 is 0 Å². The largest absolute Gasteiger partial charge is 0.308 e. The molecule has 8 rings (SSSR count). The van der Waals surface area contributed by atoms with E-state index in [2.05, 4.69) is 116 Å². The number of hydrogen-bond acceptors (Lipinski definition) is 2. The normalized spacial score (nSPS) is 11.7. The first-order valence-electron chi connectivity index (χ1n) is 12.7. The van der Waals surface area contributed by atoms with Crippen molar-refractivity contribution in [2.45, 2.75) is 0 Å². The summed E-state index contributed by atoms with van der Waals surface area (Å²) in [6, 6.07) is 38.9. The summed E-state index contributed by atoms with van der Waals surface area (Å²) < 4.78 is 4.63. The number of fused-ring (bicyclic) bond motifs is 6. The Bertz CT molecular complexity index is 2120. The van der Waals surface area contributed by atoms with Gasteiger partial charge in [-0.25, -0.2) is 0 Å². The molecule has 4 heterocycles. The number of benzene rings is 4. The Morgan fingerprint density at radius 2 is 1.05 bits per heavy atom. The van der Waals surface area contributed by atoms with Gasteiger partial charge in [0.05, 0.1) is 45.8 Å². The summed E-state index contributed by atoms with van der Waals surface area (Å²) in [5.41, 5.74) is 9.21. The molecule has 4 nitrogen and oxygen atoms in total. The van der Waals surface area contributed by atoms with Gasteiger partial charge in [-0.1, -0.05) is 60.7 Å². The lowest BCUT2D eigenvalue weighted by atomic mass is 9.98.